The van der Waals surface area contributed by atoms with Crippen LogP contribution in [0.5, 0.6) is 11.5 Å². The van der Waals surface area contributed by atoms with Crippen LogP contribution in [0.15, 0.2) is 47.4 Å². The number of nitrogens with one attached hydrogen (secondary N) is 1. The molecule has 3 rings (SSSR count). The Balaban J connectivity index is 1.72. The van der Waals surface area contributed by atoms with Crippen LogP contribution in [-0.2, 0) is 14.8 Å². The standard InChI is InChI=1S/C23H29FN2O5S/c1-4-20(16-7-12-21(30-2)22(14-16)31-3)25-23(27)17-6-5-13-26(15-17)32(28,29)19-10-8-18(24)9-11-19/h7-12,14,17,20H,4-6,13,15H2,1-3H3,(H,25,27)/t17-,20+/m0/s1. The zero-order valence-corrected chi connectivity index (χ0v) is 19.3. The lowest BCUT2D eigenvalue weighted by atomic mass is 9.97. The molecule has 1 aliphatic heterocycles. The van der Waals surface area contributed by atoms with Crippen LogP contribution in [0.2, 0.25) is 0 Å². The van der Waals surface area contributed by atoms with E-state index < -0.39 is 21.8 Å². The summed E-state index contributed by atoms with van der Waals surface area (Å²) in [5, 5.41) is 3.05. The number of sulfonamides is 1. The first-order chi connectivity index (χ1) is 15.3. The summed E-state index contributed by atoms with van der Waals surface area (Å²) in [5.74, 6) is 0.0257. The molecule has 0 aliphatic carbocycles. The second-order valence-corrected chi connectivity index (χ2v) is 9.68. The summed E-state index contributed by atoms with van der Waals surface area (Å²) >= 11 is 0. The quantitative estimate of drug-likeness (QED) is 0.646. The third-order valence-corrected chi connectivity index (χ3v) is 7.62. The average Bonchev–Trinajstić information content (AvgIpc) is 2.82. The maximum atomic E-state index is 13.2. The molecule has 0 saturated carbocycles. The minimum absolute atomic E-state index is 0.0247. The maximum absolute atomic E-state index is 13.2. The van der Waals surface area contributed by atoms with Crippen molar-refractivity contribution in [1.29, 1.82) is 0 Å². The Morgan fingerprint density at radius 1 is 1.16 bits per heavy atom. The Morgan fingerprint density at radius 2 is 1.84 bits per heavy atom. The molecular weight excluding hydrogens is 435 g/mol. The van der Waals surface area contributed by atoms with Gasteiger partial charge in [0.2, 0.25) is 15.9 Å². The molecule has 1 fully saturated rings. The molecule has 1 aliphatic rings. The van der Waals surface area contributed by atoms with Gasteiger partial charge in [-0.15, -0.1) is 0 Å². The van der Waals surface area contributed by atoms with E-state index in [-0.39, 0.29) is 23.4 Å². The molecule has 0 aromatic heterocycles. The normalized spacial score (nSPS) is 18.1. The van der Waals surface area contributed by atoms with E-state index in [1.807, 2.05) is 19.1 Å². The second-order valence-electron chi connectivity index (χ2n) is 7.74. The van der Waals surface area contributed by atoms with Crippen molar-refractivity contribution in [1.82, 2.24) is 9.62 Å². The predicted octanol–water partition coefficient (Wildman–Crippen LogP) is 3.51. The molecule has 1 N–H and O–H groups in total. The van der Waals surface area contributed by atoms with Crippen LogP contribution in [0.1, 0.15) is 37.8 Å². The number of halogens is 1. The highest BCUT2D eigenvalue weighted by molar-refractivity contribution is 7.89. The highest BCUT2D eigenvalue weighted by atomic mass is 32.2. The van der Waals surface area contributed by atoms with Gasteiger partial charge in [0.05, 0.1) is 31.1 Å². The monoisotopic (exact) mass is 464 g/mol. The second kappa shape index (κ2) is 10.3. The number of nitrogens with zero attached hydrogens (tertiary/aromatic N) is 1. The Kier molecular flexibility index (Phi) is 7.73. The third-order valence-electron chi connectivity index (χ3n) is 5.74. The molecule has 1 heterocycles. The Bertz CT molecular complexity index is 1040. The molecule has 0 radical (unpaired) electrons. The van der Waals surface area contributed by atoms with E-state index in [9.17, 15) is 17.6 Å². The number of hydrogen-bond acceptors (Lipinski definition) is 5. The fourth-order valence-corrected chi connectivity index (χ4v) is 5.43. The average molecular weight is 465 g/mol. The van der Waals surface area contributed by atoms with E-state index >= 15 is 0 Å². The van der Waals surface area contributed by atoms with Gasteiger partial charge in [-0.3, -0.25) is 4.79 Å². The number of carbonyl (C=O) groups is 1. The van der Waals surface area contributed by atoms with E-state index in [1.54, 1.807) is 20.3 Å². The van der Waals surface area contributed by atoms with Crippen LogP contribution in [0.3, 0.4) is 0 Å². The van der Waals surface area contributed by atoms with Crippen LogP contribution in [-0.4, -0.2) is 45.9 Å². The van der Waals surface area contributed by atoms with Crippen LogP contribution in [0, 0.1) is 11.7 Å². The van der Waals surface area contributed by atoms with Gasteiger partial charge in [0.15, 0.2) is 11.5 Å². The molecule has 32 heavy (non-hydrogen) atoms. The fourth-order valence-electron chi connectivity index (χ4n) is 3.91. The van der Waals surface area contributed by atoms with Crippen molar-refractivity contribution in [2.24, 2.45) is 5.92 Å². The largest absolute Gasteiger partial charge is 0.493 e. The highest BCUT2D eigenvalue weighted by Crippen LogP contribution is 2.31. The summed E-state index contributed by atoms with van der Waals surface area (Å²) in [7, 11) is -0.676. The molecule has 0 bridgehead atoms. The fraction of sp³-hybridized carbons (Fsp3) is 0.435. The number of benzene rings is 2. The molecule has 0 unspecified atom stereocenters. The Labute approximate surface area is 188 Å². The van der Waals surface area contributed by atoms with Gasteiger partial charge in [-0.05, 0) is 61.2 Å². The zero-order valence-electron chi connectivity index (χ0n) is 18.5. The van der Waals surface area contributed by atoms with Crippen molar-refractivity contribution < 1.29 is 27.1 Å². The third kappa shape index (κ3) is 5.21. The summed E-state index contributed by atoms with van der Waals surface area (Å²) in [6.07, 6.45) is 1.83. The van der Waals surface area contributed by atoms with Crippen molar-refractivity contribution in [3.05, 3.63) is 53.8 Å². The molecule has 2 atom stereocenters. The minimum atomic E-state index is -3.79. The van der Waals surface area contributed by atoms with Crippen molar-refractivity contribution in [3.63, 3.8) is 0 Å². The minimum Gasteiger partial charge on any atom is -0.493 e. The molecule has 0 spiro atoms. The number of methoxy groups -OCH3 is 2. The molecular formula is C23H29FN2O5S. The van der Waals surface area contributed by atoms with Crippen molar-refractivity contribution >= 4 is 15.9 Å². The van der Waals surface area contributed by atoms with Gasteiger partial charge in [0.25, 0.3) is 0 Å². The number of rotatable bonds is 8. The van der Waals surface area contributed by atoms with E-state index in [0.717, 1.165) is 17.7 Å². The molecule has 9 heteroatoms. The van der Waals surface area contributed by atoms with Crippen molar-refractivity contribution in [2.75, 3.05) is 27.3 Å². The SMILES string of the molecule is CC[C@@H](NC(=O)[C@H]1CCCN(S(=O)(=O)c2ccc(F)cc2)C1)c1ccc(OC)c(OC)c1. The zero-order chi connectivity index (χ0) is 23.3. The van der Waals surface area contributed by atoms with E-state index in [4.69, 9.17) is 9.47 Å². The first-order valence-electron chi connectivity index (χ1n) is 10.6. The van der Waals surface area contributed by atoms with E-state index in [0.29, 0.717) is 37.3 Å². The Hall–Kier alpha value is -2.65. The number of hydrogen-bond donors (Lipinski definition) is 1. The maximum Gasteiger partial charge on any atom is 0.243 e. The lowest BCUT2D eigenvalue weighted by Gasteiger charge is -2.32. The van der Waals surface area contributed by atoms with Gasteiger partial charge < -0.3 is 14.8 Å². The molecule has 174 valence electrons. The van der Waals surface area contributed by atoms with Gasteiger partial charge >= 0.3 is 0 Å². The smallest absolute Gasteiger partial charge is 0.243 e. The van der Waals surface area contributed by atoms with Crippen molar-refractivity contribution in [3.8, 4) is 11.5 Å². The summed E-state index contributed by atoms with van der Waals surface area (Å²) in [6.45, 7) is 2.39. The topological polar surface area (TPSA) is 84.9 Å². The summed E-state index contributed by atoms with van der Waals surface area (Å²) in [5.41, 5.74) is 0.880. The van der Waals surface area contributed by atoms with Gasteiger partial charge in [0.1, 0.15) is 5.82 Å². The molecule has 1 amide bonds. The first kappa shape index (κ1) is 24.0. The predicted molar refractivity (Wildman–Crippen MR) is 119 cm³/mol. The van der Waals surface area contributed by atoms with Crippen LogP contribution >= 0.6 is 0 Å². The molecule has 2 aromatic carbocycles. The summed E-state index contributed by atoms with van der Waals surface area (Å²) in [6, 6.07) is 10.00. The number of piperidine rings is 1. The lowest BCUT2D eigenvalue weighted by molar-refractivity contribution is -0.126. The summed E-state index contributed by atoms with van der Waals surface area (Å²) < 4.78 is 51.0. The number of carbonyl (C=O) groups excluding carboxylic acids is 1. The Morgan fingerprint density at radius 3 is 2.47 bits per heavy atom. The van der Waals surface area contributed by atoms with Crippen LogP contribution in [0.4, 0.5) is 4.39 Å². The molecule has 1 saturated heterocycles. The molecule has 7 nitrogen and oxygen atoms in total. The van der Waals surface area contributed by atoms with Gasteiger partial charge in [0, 0.05) is 13.1 Å². The van der Waals surface area contributed by atoms with Gasteiger partial charge in [-0.25, -0.2) is 12.8 Å². The number of amides is 1. The van der Waals surface area contributed by atoms with Gasteiger partial charge in [-0.2, -0.15) is 4.31 Å². The number of ether oxygens (including phenoxy) is 2. The van der Waals surface area contributed by atoms with Crippen molar-refractivity contribution in [2.45, 2.75) is 37.1 Å². The highest BCUT2D eigenvalue weighted by Gasteiger charge is 2.34. The first-order valence-corrected chi connectivity index (χ1v) is 12.0. The van der Waals surface area contributed by atoms with E-state index in [1.165, 1.54) is 16.4 Å². The molecule has 2 aromatic rings. The van der Waals surface area contributed by atoms with Crippen LogP contribution < -0.4 is 14.8 Å². The van der Waals surface area contributed by atoms with Crippen LogP contribution in [0.25, 0.3) is 0 Å². The van der Waals surface area contributed by atoms with E-state index in [2.05, 4.69) is 5.32 Å². The lowest BCUT2D eigenvalue weighted by Crippen LogP contribution is -2.46. The summed E-state index contributed by atoms with van der Waals surface area (Å²) in [4.78, 5) is 13.1. The van der Waals surface area contributed by atoms with Gasteiger partial charge in [-0.1, -0.05) is 13.0 Å².